The van der Waals surface area contributed by atoms with Crippen LogP contribution < -0.4 is 5.73 Å². The third-order valence-corrected chi connectivity index (χ3v) is 3.70. The van der Waals surface area contributed by atoms with Gasteiger partial charge in [-0.3, -0.25) is 0 Å². The molecule has 1 unspecified atom stereocenters. The zero-order chi connectivity index (χ0) is 15.5. The predicted molar refractivity (Wildman–Crippen MR) is 84.4 cm³/mol. The van der Waals surface area contributed by atoms with Crippen LogP contribution in [0.25, 0.3) is 0 Å². The molecule has 1 heterocycles. The minimum Gasteiger partial charge on any atom is -0.444 e. The van der Waals surface area contributed by atoms with Crippen LogP contribution in [-0.4, -0.2) is 36.2 Å². The number of amides is 1. The Labute approximate surface area is 127 Å². The standard InChI is InChI=1S/C17H26N2O2/c1-17(2,3)21-16(20)19-10-8-15(12-19)14-6-4-5-13(11-14)7-9-18/h4-6,11,15H,7-10,12,18H2,1-3H3. The number of ether oxygens (including phenoxy) is 1. The zero-order valence-electron chi connectivity index (χ0n) is 13.3. The number of carbonyl (C=O) groups is 1. The fraction of sp³-hybridized carbons (Fsp3) is 0.588. The summed E-state index contributed by atoms with van der Waals surface area (Å²) in [4.78, 5) is 13.9. The highest BCUT2D eigenvalue weighted by Crippen LogP contribution is 2.28. The quantitative estimate of drug-likeness (QED) is 0.931. The van der Waals surface area contributed by atoms with Crippen molar-refractivity contribution in [3.05, 3.63) is 35.4 Å². The molecule has 1 amide bonds. The van der Waals surface area contributed by atoms with Crippen LogP contribution in [0, 0.1) is 0 Å². The van der Waals surface area contributed by atoms with Gasteiger partial charge in [0.25, 0.3) is 0 Å². The molecule has 1 fully saturated rings. The number of rotatable bonds is 3. The Morgan fingerprint density at radius 1 is 1.43 bits per heavy atom. The molecule has 2 N–H and O–H groups in total. The van der Waals surface area contributed by atoms with E-state index in [1.807, 2.05) is 25.7 Å². The van der Waals surface area contributed by atoms with E-state index in [4.69, 9.17) is 10.5 Å². The fourth-order valence-corrected chi connectivity index (χ4v) is 2.69. The topological polar surface area (TPSA) is 55.6 Å². The second-order valence-electron chi connectivity index (χ2n) is 6.70. The maximum absolute atomic E-state index is 12.1. The lowest BCUT2D eigenvalue weighted by molar-refractivity contribution is 0.0292. The zero-order valence-corrected chi connectivity index (χ0v) is 13.3. The Bertz CT molecular complexity index is 494. The number of nitrogens with two attached hydrogens (primary N) is 1. The lowest BCUT2D eigenvalue weighted by Gasteiger charge is -2.24. The van der Waals surface area contributed by atoms with Crippen LogP contribution in [0.3, 0.4) is 0 Å². The van der Waals surface area contributed by atoms with Gasteiger partial charge in [-0.25, -0.2) is 4.79 Å². The van der Waals surface area contributed by atoms with E-state index in [1.54, 1.807) is 0 Å². The molecular formula is C17H26N2O2. The highest BCUT2D eigenvalue weighted by molar-refractivity contribution is 5.68. The van der Waals surface area contributed by atoms with Crippen molar-refractivity contribution in [1.29, 1.82) is 0 Å². The molecule has 1 atom stereocenters. The number of hydrogen-bond donors (Lipinski definition) is 1. The SMILES string of the molecule is CC(C)(C)OC(=O)N1CCC(c2cccc(CCN)c2)C1. The molecule has 2 rings (SSSR count). The van der Waals surface area contributed by atoms with Gasteiger partial charge in [-0.15, -0.1) is 0 Å². The Hall–Kier alpha value is -1.55. The monoisotopic (exact) mass is 290 g/mol. The second kappa shape index (κ2) is 6.48. The maximum Gasteiger partial charge on any atom is 0.410 e. The number of likely N-dealkylation sites (tertiary alicyclic amines) is 1. The van der Waals surface area contributed by atoms with Crippen molar-refractivity contribution in [2.45, 2.75) is 45.1 Å². The summed E-state index contributed by atoms with van der Waals surface area (Å²) in [6.45, 7) is 7.86. The highest BCUT2D eigenvalue weighted by atomic mass is 16.6. The molecule has 1 aromatic carbocycles. The van der Waals surface area contributed by atoms with Crippen LogP contribution >= 0.6 is 0 Å². The van der Waals surface area contributed by atoms with Crippen LogP contribution in [0.15, 0.2) is 24.3 Å². The summed E-state index contributed by atoms with van der Waals surface area (Å²) < 4.78 is 5.44. The molecule has 4 nitrogen and oxygen atoms in total. The van der Waals surface area contributed by atoms with Gasteiger partial charge in [0.1, 0.15) is 5.60 Å². The largest absolute Gasteiger partial charge is 0.444 e. The first-order valence-corrected chi connectivity index (χ1v) is 7.66. The number of nitrogens with zero attached hydrogens (tertiary/aromatic N) is 1. The third-order valence-electron chi connectivity index (χ3n) is 3.70. The van der Waals surface area contributed by atoms with E-state index < -0.39 is 5.60 Å². The molecule has 4 heteroatoms. The van der Waals surface area contributed by atoms with Gasteiger partial charge in [0.2, 0.25) is 0 Å². The Morgan fingerprint density at radius 2 is 2.19 bits per heavy atom. The van der Waals surface area contributed by atoms with Gasteiger partial charge in [-0.05, 0) is 51.3 Å². The molecule has 116 valence electrons. The molecule has 21 heavy (non-hydrogen) atoms. The smallest absolute Gasteiger partial charge is 0.410 e. The molecule has 1 aliphatic rings. The summed E-state index contributed by atoms with van der Waals surface area (Å²) in [6.07, 6.45) is 1.69. The lowest BCUT2D eigenvalue weighted by atomic mass is 9.96. The summed E-state index contributed by atoms with van der Waals surface area (Å²) in [5.74, 6) is 0.398. The van der Waals surface area contributed by atoms with E-state index in [0.717, 1.165) is 25.9 Å². The minimum absolute atomic E-state index is 0.205. The van der Waals surface area contributed by atoms with Crippen LogP contribution in [-0.2, 0) is 11.2 Å². The van der Waals surface area contributed by atoms with Crippen molar-refractivity contribution < 1.29 is 9.53 Å². The fourth-order valence-electron chi connectivity index (χ4n) is 2.69. The van der Waals surface area contributed by atoms with Crippen LogP contribution in [0.4, 0.5) is 4.79 Å². The van der Waals surface area contributed by atoms with Crippen LogP contribution in [0.2, 0.25) is 0 Å². The first-order valence-electron chi connectivity index (χ1n) is 7.66. The Morgan fingerprint density at radius 3 is 2.86 bits per heavy atom. The van der Waals surface area contributed by atoms with Crippen LogP contribution in [0.5, 0.6) is 0 Å². The van der Waals surface area contributed by atoms with Gasteiger partial charge in [-0.2, -0.15) is 0 Å². The van der Waals surface area contributed by atoms with E-state index in [2.05, 4.69) is 24.3 Å². The second-order valence-corrected chi connectivity index (χ2v) is 6.70. The molecule has 0 bridgehead atoms. The number of benzene rings is 1. The molecule has 1 saturated heterocycles. The van der Waals surface area contributed by atoms with Gasteiger partial charge < -0.3 is 15.4 Å². The molecule has 1 aliphatic heterocycles. The van der Waals surface area contributed by atoms with E-state index in [1.165, 1.54) is 11.1 Å². The summed E-state index contributed by atoms with van der Waals surface area (Å²) >= 11 is 0. The highest BCUT2D eigenvalue weighted by Gasteiger charge is 2.30. The normalized spacial score (nSPS) is 18.9. The van der Waals surface area contributed by atoms with E-state index in [-0.39, 0.29) is 6.09 Å². The summed E-state index contributed by atoms with van der Waals surface area (Å²) in [6, 6.07) is 8.55. The first-order chi connectivity index (χ1) is 9.89. The Balaban J connectivity index is 1.99. The van der Waals surface area contributed by atoms with Gasteiger partial charge in [0.15, 0.2) is 0 Å². The number of carbonyl (C=O) groups excluding carboxylic acids is 1. The minimum atomic E-state index is -0.434. The average molecular weight is 290 g/mol. The van der Waals surface area contributed by atoms with E-state index in [0.29, 0.717) is 12.5 Å². The molecule has 0 aromatic heterocycles. The Kier molecular flexibility index (Phi) is 4.88. The van der Waals surface area contributed by atoms with Crippen molar-refractivity contribution in [2.24, 2.45) is 5.73 Å². The molecule has 0 spiro atoms. The van der Waals surface area contributed by atoms with E-state index in [9.17, 15) is 4.79 Å². The van der Waals surface area contributed by atoms with Gasteiger partial charge >= 0.3 is 6.09 Å². The van der Waals surface area contributed by atoms with Gasteiger partial charge in [-0.1, -0.05) is 24.3 Å². The molecule has 1 aromatic rings. The van der Waals surface area contributed by atoms with Crippen molar-refractivity contribution in [1.82, 2.24) is 4.90 Å². The van der Waals surface area contributed by atoms with Crippen LogP contribution in [0.1, 0.15) is 44.2 Å². The molecule has 0 radical (unpaired) electrons. The van der Waals surface area contributed by atoms with E-state index >= 15 is 0 Å². The summed E-state index contributed by atoms with van der Waals surface area (Å²) in [5.41, 5.74) is 7.75. The molecular weight excluding hydrogens is 264 g/mol. The predicted octanol–water partition coefficient (Wildman–Crippen LogP) is 2.91. The van der Waals surface area contributed by atoms with Crippen molar-refractivity contribution in [3.63, 3.8) is 0 Å². The van der Waals surface area contributed by atoms with Gasteiger partial charge in [0, 0.05) is 19.0 Å². The summed E-state index contributed by atoms with van der Waals surface area (Å²) in [7, 11) is 0. The molecule has 0 aliphatic carbocycles. The summed E-state index contributed by atoms with van der Waals surface area (Å²) in [5, 5.41) is 0. The third kappa shape index (κ3) is 4.46. The van der Waals surface area contributed by atoms with Crippen molar-refractivity contribution in [3.8, 4) is 0 Å². The maximum atomic E-state index is 12.1. The van der Waals surface area contributed by atoms with Crippen molar-refractivity contribution in [2.75, 3.05) is 19.6 Å². The first kappa shape index (κ1) is 15.8. The van der Waals surface area contributed by atoms with Crippen molar-refractivity contribution >= 4 is 6.09 Å². The van der Waals surface area contributed by atoms with Gasteiger partial charge in [0.05, 0.1) is 0 Å². The average Bonchev–Trinajstić information content (AvgIpc) is 2.87. The molecule has 0 saturated carbocycles. The number of hydrogen-bond acceptors (Lipinski definition) is 3. The lowest BCUT2D eigenvalue weighted by Crippen LogP contribution is -2.35.